The van der Waals surface area contributed by atoms with Crippen LogP contribution < -0.4 is 4.90 Å². The van der Waals surface area contributed by atoms with Crippen LogP contribution in [-0.2, 0) is 4.79 Å². The van der Waals surface area contributed by atoms with Gasteiger partial charge in [-0.2, -0.15) is 0 Å². The van der Waals surface area contributed by atoms with Gasteiger partial charge in [0.25, 0.3) is 0 Å². The van der Waals surface area contributed by atoms with Crippen LogP contribution in [0, 0.1) is 11.8 Å². The molecule has 0 atom stereocenters. The second-order valence-corrected chi connectivity index (χ2v) is 6.98. The Balaban J connectivity index is 1.39. The number of carboxylic acids is 1. The third kappa shape index (κ3) is 4.67. The van der Waals surface area contributed by atoms with Crippen LogP contribution in [0.4, 0.5) is 5.69 Å². The van der Waals surface area contributed by atoms with E-state index in [1.807, 2.05) is 12.4 Å². The zero-order chi connectivity index (χ0) is 16.1. The summed E-state index contributed by atoms with van der Waals surface area (Å²) in [5, 5.41) is 8.89. The van der Waals surface area contributed by atoms with Gasteiger partial charge in [0, 0.05) is 57.2 Å². The number of aliphatic carboxylic acids is 1. The molecule has 1 saturated carbocycles. The van der Waals surface area contributed by atoms with Crippen molar-refractivity contribution in [1.82, 2.24) is 9.88 Å². The number of pyridine rings is 1. The second kappa shape index (κ2) is 7.77. The van der Waals surface area contributed by atoms with Crippen LogP contribution in [0.15, 0.2) is 24.5 Å². The molecule has 2 fully saturated rings. The number of carboxylic acid groups (broad SMARTS) is 1. The summed E-state index contributed by atoms with van der Waals surface area (Å²) in [5.74, 6) is 0.528. The molecular weight excluding hydrogens is 290 g/mol. The second-order valence-electron chi connectivity index (χ2n) is 6.98. The first-order valence-electron chi connectivity index (χ1n) is 8.80. The summed E-state index contributed by atoms with van der Waals surface area (Å²) in [4.78, 5) is 19.9. The maximum atomic E-state index is 10.8. The van der Waals surface area contributed by atoms with Gasteiger partial charge in [-0.25, -0.2) is 0 Å². The van der Waals surface area contributed by atoms with Gasteiger partial charge in [-0.15, -0.1) is 0 Å². The van der Waals surface area contributed by atoms with Crippen LogP contribution in [0.3, 0.4) is 0 Å². The number of hydrogen-bond donors (Lipinski definition) is 1. The zero-order valence-electron chi connectivity index (χ0n) is 13.7. The van der Waals surface area contributed by atoms with Gasteiger partial charge in [-0.05, 0) is 49.7 Å². The molecule has 1 aromatic rings. The lowest BCUT2D eigenvalue weighted by molar-refractivity contribution is -0.138. The molecule has 1 aromatic heterocycles. The van der Waals surface area contributed by atoms with E-state index in [0.29, 0.717) is 12.3 Å². The topological polar surface area (TPSA) is 56.7 Å². The molecule has 2 aliphatic rings. The van der Waals surface area contributed by atoms with Gasteiger partial charge in [0.05, 0.1) is 0 Å². The van der Waals surface area contributed by atoms with E-state index < -0.39 is 5.97 Å². The molecule has 3 rings (SSSR count). The van der Waals surface area contributed by atoms with Crippen LogP contribution in [0.25, 0.3) is 0 Å². The third-order valence-corrected chi connectivity index (χ3v) is 5.35. The average molecular weight is 317 g/mol. The maximum Gasteiger partial charge on any atom is 0.303 e. The Labute approximate surface area is 138 Å². The SMILES string of the molecule is O=C(O)CC1CCC(CN2CCN(c3ccncc3)CC2)CC1. The fourth-order valence-electron chi connectivity index (χ4n) is 3.97. The smallest absolute Gasteiger partial charge is 0.303 e. The zero-order valence-corrected chi connectivity index (χ0v) is 13.7. The highest BCUT2D eigenvalue weighted by molar-refractivity contribution is 5.67. The molecule has 1 N–H and O–H groups in total. The van der Waals surface area contributed by atoms with Crippen molar-refractivity contribution in [3.8, 4) is 0 Å². The molecule has 126 valence electrons. The quantitative estimate of drug-likeness (QED) is 0.904. The normalized spacial score (nSPS) is 26.2. The number of aromatic nitrogens is 1. The molecular formula is C18H27N3O2. The van der Waals surface area contributed by atoms with Gasteiger partial charge < -0.3 is 10.0 Å². The number of piperazine rings is 1. The van der Waals surface area contributed by atoms with Gasteiger partial charge in [0.1, 0.15) is 0 Å². The standard InChI is InChI=1S/C18H27N3O2/c22-18(23)13-15-1-3-16(4-2-15)14-20-9-11-21(12-10-20)17-5-7-19-8-6-17/h5-8,15-16H,1-4,9-14H2,(H,22,23). The van der Waals surface area contributed by atoms with Crippen molar-refractivity contribution in [2.75, 3.05) is 37.6 Å². The molecule has 0 bridgehead atoms. The lowest BCUT2D eigenvalue weighted by Gasteiger charge is -2.39. The van der Waals surface area contributed by atoms with E-state index in [9.17, 15) is 4.79 Å². The van der Waals surface area contributed by atoms with Gasteiger partial charge in [0.2, 0.25) is 0 Å². The van der Waals surface area contributed by atoms with E-state index in [1.54, 1.807) is 0 Å². The number of carbonyl (C=O) groups is 1. The molecule has 0 aromatic carbocycles. The fraction of sp³-hybridized carbons (Fsp3) is 0.667. The largest absolute Gasteiger partial charge is 0.481 e. The number of hydrogen-bond acceptors (Lipinski definition) is 4. The highest BCUT2D eigenvalue weighted by atomic mass is 16.4. The summed E-state index contributed by atoms with van der Waals surface area (Å²) < 4.78 is 0. The molecule has 1 aliphatic carbocycles. The first-order valence-corrected chi connectivity index (χ1v) is 8.80. The lowest BCUT2D eigenvalue weighted by Crippen LogP contribution is -2.48. The predicted octanol–water partition coefficient (Wildman–Crippen LogP) is 2.48. The van der Waals surface area contributed by atoms with Gasteiger partial charge in [0.15, 0.2) is 0 Å². The molecule has 5 nitrogen and oxygen atoms in total. The number of nitrogens with zero attached hydrogens (tertiary/aromatic N) is 3. The monoisotopic (exact) mass is 317 g/mol. The van der Waals surface area contributed by atoms with Gasteiger partial charge >= 0.3 is 5.97 Å². The van der Waals surface area contributed by atoms with E-state index >= 15 is 0 Å². The molecule has 1 aliphatic heterocycles. The first kappa shape index (κ1) is 16.2. The van der Waals surface area contributed by atoms with Gasteiger partial charge in [-0.3, -0.25) is 14.7 Å². The molecule has 0 amide bonds. The molecule has 0 radical (unpaired) electrons. The van der Waals surface area contributed by atoms with Crippen molar-refractivity contribution >= 4 is 11.7 Å². The molecule has 0 unspecified atom stereocenters. The Bertz CT molecular complexity index is 492. The first-order chi connectivity index (χ1) is 11.2. The Kier molecular flexibility index (Phi) is 5.49. The third-order valence-electron chi connectivity index (χ3n) is 5.35. The molecule has 2 heterocycles. The minimum atomic E-state index is -0.638. The number of rotatable bonds is 5. The van der Waals surface area contributed by atoms with Crippen molar-refractivity contribution in [2.45, 2.75) is 32.1 Å². The van der Waals surface area contributed by atoms with E-state index in [0.717, 1.165) is 44.9 Å². The van der Waals surface area contributed by atoms with Crippen molar-refractivity contribution in [2.24, 2.45) is 11.8 Å². The van der Waals surface area contributed by atoms with Crippen LogP contribution in [-0.4, -0.2) is 53.7 Å². The highest BCUT2D eigenvalue weighted by Gasteiger charge is 2.25. The van der Waals surface area contributed by atoms with Crippen molar-refractivity contribution in [3.63, 3.8) is 0 Å². The van der Waals surface area contributed by atoms with Crippen molar-refractivity contribution in [1.29, 1.82) is 0 Å². The number of anilines is 1. The Morgan fingerprint density at radius 3 is 2.26 bits per heavy atom. The minimum absolute atomic E-state index is 0.358. The van der Waals surface area contributed by atoms with Crippen molar-refractivity contribution in [3.05, 3.63) is 24.5 Å². The maximum absolute atomic E-state index is 10.8. The highest BCUT2D eigenvalue weighted by Crippen LogP contribution is 2.31. The van der Waals surface area contributed by atoms with E-state index in [1.165, 1.54) is 25.1 Å². The van der Waals surface area contributed by atoms with Crippen LogP contribution in [0.5, 0.6) is 0 Å². The molecule has 0 spiro atoms. The fourth-order valence-corrected chi connectivity index (χ4v) is 3.97. The van der Waals surface area contributed by atoms with Gasteiger partial charge in [-0.1, -0.05) is 0 Å². The summed E-state index contributed by atoms with van der Waals surface area (Å²) >= 11 is 0. The Morgan fingerprint density at radius 1 is 1.04 bits per heavy atom. The minimum Gasteiger partial charge on any atom is -0.481 e. The average Bonchev–Trinajstić information content (AvgIpc) is 2.58. The predicted molar refractivity (Wildman–Crippen MR) is 90.6 cm³/mol. The van der Waals surface area contributed by atoms with Crippen LogP contribution in [0.2, 0.25) is 0 Å². The Hall–Kier alpha value is -1.62. The van der Waals surface area contributed by atoms with E-state index in [-0.39, 0.29) is 0 Å². The lowest BCUT2D eigenvalue weighted by atomic mass is 9.80. The van der Waals surface area contributed by atoms with Crippen molar-refractivity contribution < 1.29 is 9.90 Å². The Morgan fingerprint density at radius 2 is 1.65 bits per heavy atom. The summed E-state index contributed by atoms with van der Waals surface area (Å²) in [7, 11) is 0. The molecule has 5 heteroatoms. The summed E-state index contributed by atoms with van der Waals surface area (Å²) in [6.45, 7) is 5.59. The summed E-state index contributed by atoms with van der Waals surface area (Å²) in [5.41, 5.74) is 1.27. The molecule has 1 saturated heterocycles. The molecule has 23 heavy (non-hydrogen) atoms. The van der Waals surface area contributed by atoms with Crippen LogP contribution >= 0.6 is 0 Å². The van der Waals surface area contributed by atoms with E-state index in [4.69, 9.17) is 5.11 Å². The van der Waals surface area contributed by atoms with Crippen LogP contribution in [0.1, 0.15) is 32.1 Å². The summed E-state index contributed by atoms with van der Waals surface area (Å²) in [6, 6.07) is 4.17. The van der Waals surface area contributed by atoms with E-state index in [2.05, 4.69) is 26.9 Å². The summed E-state index contributed by atoms with van der Waals surface area (Å²) in [6.07, 6.45) is 8.65.